The van der Waals surface area contributed by atoms with Crippen molar-refractivity contribution in [3.05, 3.63) is 78.2 Å². The van der Waals surface area contributed by atoms with Gasteiger partial charge in [0, 0.05) is 49.1 Å². The number of nitrogens with one attached hydrogen (secondary N) is 1. The van der Waals surface area contributed by atoms with E-state index in [1.807, 2.05) is 72.7 Å². The first kappa shape index (κ1) is 21.0. The third kappa shape index (κ3) is 3.52. The van der Waals surface area contributed by atoms with Crippen LogP contribution in [0.1, 0.15) is 28.8 Å². The molecule has 0 spiro atoms. The summed E-state index contributed by atoms with van der Waals surface area (Å²) in [7, 11) is 1.90. The Labute approximate surface area is 201 Å². The minimum absolute atomic E-state index is 0.179. The summed E-state index contributed by atoms with van der Waals surface area (Å²) < 4.78 is 3.64. The van der Waals surface area contributed by atoms with Crippen LogP contribution in [0.4, 0.5) is 0 Å². The molecule has 1 atom stereocenters. The van der Waals surface area contributed by atoms with E-state index < -0.39 is 11.9 Å². The maximum atomic E-state index is 13.0. The summed E-state index contributed by atoms with van der Waals surface area (Å²) in [5, 5.41) is 11.1. The van der Waals surface area contributed by atoms with Crippen LogP contribution in [0.5, 0.6) is 0 Å². The minimum atomic E-state index is -0.627. The number of aromatic nitrogens is 4. The molecule has 1 N–H and O–H groups in total. The molecule has 0 radical (unpaired) electrons. The third-order valence-electron chi connectivity index (χ3n) is 6.68. The second kappa shape index (κ2) is 8.05. The number of aryl methyl sites for hydroxylation is 1. The molecule has 2 aliphatic rings. The Morgan fingerprint density at radius 2 is 1.77 bits per heavy atom. The fourth-order valence-corrected chi connectivity index (χ4v) is 4.93. The lowest BCUT2D eigenvalue weighted by molar-refractivity contribution is -0.136. The third-order valence-corrected chi connectivity index (χ3v) is 6.68. The lowest BCUT2D eigenvalue weighted by atomic mass is 9.98. The van der Waals surface area contributed by atoms with E-state index in [-0.39, 0.29) is 18.2 Å². The molecule has 1 saturated heterocycles. The summed E-state index contributed by atoms with van der Waals surface area (Å²) in [6.07, 6.45) is 6.05. The number of fused-ring (bicyclic) bond motifs is 1. The molecule has 4 heterocycles. The molecule has 2 aliphatic heterocycles. The molecule has 2 aromatic heterocycles. The van der Waals surface area contributed by atoms with Crippen LogP contribution in [-0.4, -0.2) is 48.2 Å². The second-order valence-electron chi connectivity index (χ2n) is 8.80. The number of carbonyl (C=O) groups excluding carboxylic acids is 3. The molecule has 9 heteroatoms. The van der Waals surface area contributed by atoms with Crippen molar-refractivity contribution in [1.29, 1.82) is 0 Å². The molecule has 3 amide bonds. The molecular formula is C26H22N6O3. The number of carbonyl (C=O) groups is 3. The molecular weight excluding hydrogens is 444 g/mol. The largest absolute Gasteiger partial charge is 0.322 e. The van der Waals surface area contributed by atoms with Crippen LogP contribution in [0.3, 0.4) is 0 Å². The van der Waals surface area contributed by atoms with Gasteiger partial charge in [-0.25, -0.2) is 4.68 Å². The highest BCUT2D eigenvalue weighted by atomic mass is 16.2. The van der Waals surface area contributed by atoms with E-state index in [1.165, 1.54) is 0 Å². The van der Waals surface area contributed by atoms with Gasteiger partial charge in [0.2, 0.25) is 11.8 Å². The van der Waals surface area contributed by atoms with Crippen molar-refractivity contribution >= 4 is 17.7 Å². The van der Waals surface area contributed by atoms with Crippen LogP contribution in [0.2, 0.25) is 0 Å². The maximum Gasteiger partial charge on any atom is 0.255 e. The van der Waals surface area contributed by atoms with E-state index >= 15 is 0 Å². The normalized spacial score (nSPS) is 17.6. The topological polar surface area (TPSA) is 102 Å². The van der Waals surface area contributed by atoms with E-state index in [0.29, 0.717) is 18.5 Å². The summed E-state index contributed by atoms with van der Waals surface area (Å²) in [4.78, 5) is 38.4. The molecule has 174 valence electrons. The van der Waals surface area contributed by atoms with Gasteiger partial charge in [0.05, 0.1) is 17.6 Å². The van der Waals surface area contributed by atoms with Gasteiger partial charge in [-0.3, -0.25) is 24.4 Å². The summed E-state index contributed by atoms with van der Waals surface area (Å²) in [6, 6.07) is 15.1. The molecule has 9 nitrogen and oxygen atoms in total. The molecule has 0 bridgehead atoms. The number of benzene rings is 2. The van der Waals surface area contributed by atoms with Gasteiger partial charge >= 0.3 is 0 Å². The highest BCUT2D eigenvalue weighted by Crippen LogP contribution is 2.35. The Kier molecular flexibility index (Phi) is 4.84. The SMILES string of the molecule is Cn1ncc(-c2ccc3c(c2)CN(C2CCC(=O)NC2=O)C3=O)c1-c1ccc(-n2cccn2)cc1. The van der Waals surface area contributed by atoms with E-state index in [2.05, 4.69) is 15.5 Å². The molecule has 0 saturated carbocycles. The van der Waals surface area contributed by atoms with E-state index in [9.17, 15) is 14.4 Å². The van der Waals surface area contributed by atoms with Gasteiger partial charge in [-0.1, -0.05) is 18.2 Å². The zero-order chi connectivity index (χ0) is 24.1. The van der Waals surface area contributed by atoms with Crippen molar-refractivity contribution in [2.45, 2.75) is 25.4 Å². The Hall–Kier alpha value is -4.53. The van der Waals surface area contributed by atoms with Crippen LogP contribution in [0, 0.1) is 0 Å². The predicted molar refractivity (Wildman–Crippen MR) is 127 cm³/mol. The van der Waals surface area contributed by atoms with Crippen molar-refractivity contribution < 1.29 is 14.4 Å². The summed E-state index contributed by atoms with van der Waals surface area (Å²) >= 11 is 0. The zero-order valence-electron chi connectivity index (χ0n) is 19.0. The Morgan fingerprint density at radius 1 is 0.971 bits per heavy atom. The van der Waals surface area contributed by atoms with Gasteiger partial charge in [-0.15, -0.1) is 0 Å². The highest BCUT2D eigenvalue weighted by molar-refractivity contribution is 6.05. The smallest absolute Gasteiger partial charge is 0.255 e. The van der Waals surface area contributed by atoms with Crippen LogP contribution < -0.4 is 5.32 Å². The summed E-state index contributed by atoms with van der Waals surface area (Å²) in [5.41, 5.74) is 6.29. The standard InChI is InChI=1S/C26H22N6O3/c1-30-24(16-3-6-19(7-4-16)32-12-2-11-27-32)21(14-28-30)17-5-8-20-18(13-17)15-31(26(20)35)22-9-10-23(33)29-25(22)34/h2-8,11-14,22H,9-10,15H2,1H3,(H,29,33,34). The van der Waals surface area contributed by atoms with Crippen molar-refractivity contribution in [3.8, 4) is 28.1 Å². The van der Waals surface area contributed by atoms with Crippen LogP contribution in [0.25, 0.3) is 28.1 Å². The van der Waals surface area contributed by atoms with Gasteiger partial charge in [0.25, 0.3) is 5.91 Å². The van der Waals surface area contributed by atoms with E-state index in [0.717, 1.165) is 33.6 Å². The molecule has 1 fully saturated rings. The average Bonchev–Trinajstić information content (AvgIpc) is 3.59. The highest BCUT2D eigenvalue weighted by Gasteiger charge is 2.39. The summed E-state index contributed by atoms with van der Waals surface area (Å²) in [5.74, 6) is -0.878. The van der Waals surface area contributed by atoms with Crippen molar-refractivity contribution in [2.75, 3.05) is 0 Å². The van der Waals surface area contributed by atoms with Crippen LogP contribution in [0.15, 0.2) is 67.1 Å². The van der Waals surface area contributed by atoms with Crippen molar-refractivity contribution in [2.24, 2.45) is 7.05 Å². The Bertz CT molecular complexity index is 1470. The molecule has 4 aromatic rings. The van der Waals surface area contributed by atoms with Crippen molar-refractivity contribution in [1.82, 2.24) is 29.8 Å². The molecule has 0 aliphatic carbocycles. The lowest BCUT2D eigenvalue weighted by Crippen LogP contribution is -2.52. The van der Waals surface area contributed by atoms with E-state index in [4.69, 9.17) is 0 Å². The number of hydrogen-bond acceptors (Lipinski definition) is 5. The quantitative estimate of drug-likeness (QED) is 0.466. The monoisotopic (exact) mass is 466 g/mol. The van der Waals surface area contributed by atoms with Gasteiger partial charge in [0.15, 0.2) is 0 Å². The minimum Gasteiger partial charge on any atom is -0.322 e. The fourth-order valence-electron chi connectivity index (χ4n) is 4.93. The first-order chi connectivity index (χ1) is 17.0. The molecule has 6 rings (SSSR count). The maximum absolute atomic E-state index is 13.0. The lowest BCUT2D eigenvalue weighted by Gasteiger charge is -2.29. The number of nitrogens with zero attached hydrogens (tertiary/aromatic N) is 5. The average molecular weight is 467 g/mol. The first-order valence-corrected chi connectivity index (χ1v) is 11.4. The predicted octanol–water partition coefficient (Wildman–Crippen LogP) is 2.70. The van der Waals surface area contributed by atoms with Crippen LogP contribution >= 0.6 is 0 Å². The number of amides is 3. The van der Waals surface area contributed by atoms with Gasteiger partial charge in [-0.05, 0) is 47.9 Å². The van der Waals surface area contributed by atoms with E-state index in [1.54, 1.807) is 15.8 Å². The fraction of sp³-hybridized carbons (Fsp3) is 0.192. The Balaban J connectivity index is 1.31. The number of hydrogen-bond donors (Lipinski definition) is 1. The summed E-state index contributed by atoms with van der Waals surface area (Å²) in [6.45, 7) is 0.336. The molecule has 1 unspecified atom stereocenters. The zero-order valence-corrected chi connectivity index (χ0v) is 19.0. The number of rotatable bonds is 4. The number of piperidine rings is 1. The van der Waals surface area contributed by atoms with Crippen molar-refractivity contribution in [3.63, 3.8) is 0 Å². The first-order valence-electron chi connectivity index (χ1n) is 11.4. The molecule has 35 heavy (non-hydrogen) atoms. The van der Waals surface area contributed by atoms with Gasteiger partial charge in [-0.2, -0.15) is 10.2 Å². The second-order valence-corrected chi connectivity index (χ2v) is 8.80. The Morgan fingerprint density at radius 3 is 2.51 bits per heavy atom. The molecule has 2 aromatic carbocycles. The van der Waals surface area contributed by atoms with Gasteiger partial charge in [0.1, 0.15) is 6.04 Å². The van der Waals surface area contributed by atoms with Gasteiger partial charge < -0.3 is 4.90 Å². The number of imide groups is 1. The van der Waals surface area contributed by atoms with Crippen LogP contribution in [-0.2, 0) is 23.2 Å².